The zero-order valence-corrected chi connectivity index (χ0v) is 18.7. The third-order valence-electron chi connectivity index (χ3n) is 12.1. The summed E-state index contributed by atoms with van der Waals surface area (Å²) >= 11 is 0. The quantitative estimate of drug-likeness (QED) is 0.602. The number of aliphatic hydroxyl groups excluding tert-OH is 1. The van der Waals surface area contributed by atoms with Crippen LogP contribution in [-0.2, 0) is 4.74 Å². The molecule has 6 aliphatic rings. The normalized spacial score (nSPS) is 61.4. The van der Waals surface area contributed by atoms with Crippen LogP contribution in [0.2, 0.25) is 0 Å². The van der Waals surface area contributed by atoms with Gasteiger partial charge >= 0.3 is 0 Å². The van der Waals surface area contributed by atoms with Gasteiger partial charge in [-0.2, -0.15) is 0 Å². The van der Waals surface area contributed by atoms with Crippen LogP contribution in [0.4, 0.5) is 0 Å². The monoisotopic (exact) mass is 386 g/mol. The maximum absolute atomic E-state index is 10.8. The average Bonchev–Trinajstić information content (AvgIpc) is 3.25. The highest BCUT2D eigenvalue weighted by molar-refractivity contribution is 5.29. The molecule has 2 spiro atoms. The highest BCUT2D eigenvalue weighted by atomic mass is 16.5. The van der Waals surface area contributed by atoms with Gasteiger partial charge in [0.15, 0.2) is 0 Å². The summed E-state index contributed by atoms with van der Waals surface area (Å²) in [5, 5.41) is 10.8. The first-order chi connectivity index (χ1) is 13.3. The molecular weight excluding hydrogens is 344 g/mol. The Labute approximate surface area is 172 Å². The van der Waals surface area contributed by atoms with Crippen LogP contribution in [0.3, 0.4) is 0 Å². The maximum Gasteiger partial charge on any atom is 0.0615 e. The number of rotatable bonds is 1. The summed E-state index contributed by atoms with van der Waals surface area (Å²) in [6, 6.07) is 0. The minimum atomic E-state index is -0.0834. The molecule has 2 nitrogen and oxygen atoms in total. The first-order valence-corrected chi connectivity index (χ1v) is 12.6. The van der Waals surface area contributed by atoms with Gasteiger partial charge in [-0.05, 0) is 116 Å². The molecule has 0 bridgehead atoms. The van der Waals surface area contributed by atoms with Gasteiger partial charge in [0.1, 0.15) is 0 Å². The van der Waals surface area contributed by atoms with Gasteiger partial charge in [0.25, 0.3) is 0 Å². The molecule has 1 N–H and O–H groups in total. The molecule has 0 aromatic rings. The van der Waals surface area contributed by atoms with Gasteiger partial charge in [0, 0.05) is 0 Å². The predicted molar refractivity (Wildman–Crippen MR) is 112 cm³/mol. The molecule has 5 aliphatic carbocycles. The van der Waals surface area contributed by atoms with Crippen molar-refractivity contribution >= 4 is 0 Å². The summed E-state index contributed by atoms with van der Waals surface area (Å²) in [7, 11) is 0. The number of hydrogen-bond donors (Lipinski definition) is 1. The maximum atomic E-state index is 10.8. The van der Waals surface area contributed by atoms with Crippen LogP contribution in [0, 0.1) is 45.3 Å². The Balaban J connectivity index is 1.32. The van der Waals surface area contributed by atoms with Crippen molar-refractivity contribution in [3.63, 3.8) is 0 Å². The lowest BCUT2D eigenvalue weighted by Gasteiger charge is -2.59. The Morgan fingerprint density at radius 3 is 2.43 bits per heavy atom. The summed E-state index contributed by atoms with van der Waals surface area (Å²) in [4.78, 5) is 0. The molecule has 5 saturated carbocycles. The average molecular weight is 387 g/mol. The van der Waals surface area contributed by atoms with E-state index >= 15 is 0 Å². The van der Waals surface area contributed by atoms with Gasteiger partial charge in [-0.15, -0.1) is 0 Å². The highest BCUT2D eigenvalue weighted by Gasteiger charge is 2.80. The molecule has 1 saturated heterocycles. The van der Waals surface area contributed by atoms with Crippen molar-refractivity contribution in [1.29, 1.82) is 0 Å². The van der Waals surface area contributed by atoms with E-state index < -0.39 is 0 Å². The second-order valence-electron chi connectivity index (χ2n) is 12.8. The zero-order chi connectivity index (χ0) is 19.5. The van der Waals surface area contributed by atoms with Crippen molar-refractivity contribution in [3.05, 3.63) is 0 Å². The number of ether oxygens (including phenoxy) is 1. The first-order valence-electron chi connectivity index (χ1n) is 12.6. The smallest absolute Gasteiger partial charge is 0.0615 e. The lowest BCUT2D eigenvalue weighted by Crippen LogP contribution is -2.54. The topological polar surface area (TPSA) is 29.5 Å². The second kappa shape index (κ2) is 5.58. The van der Waals surface area contributed by atoms with Gasteiger partial charge in [-0.25, -0.2) is 0 Å². The van der Waals surface area contributed by atoms with E-state index in [1.165, 1.54) is 64.2 Å². The molecule has 158 valence electrons. The van der Waals surface area contributed by atoms with E-state index in [0.29, 0.717) is 28.5 Å². The Bertz CT molecular complexity index is 671. The highest BCUT2D eigenvalue weighted by Crippen LogP contribution is 2.87. The fourth-order valence-electron chi connectivity index (χ4n) is 10.6. The number of fused-ring (bicyclic) bond motifs is 4. The summed E-state index contributed by atoms with van der Waals surface area (Å²) < 4.78 is 6.66. The fraction of sp³-hybridized carbons (Fsp3) is 1.00. The standard InChI is InChI=1S/C26H42O2/c1-5-16-6-7-18-20(28-16)14-19-17-8-9-21-23(2,3)22(27)10-11-26(21)15-25(17,26)13-12-24(18,19)4/h16-22,27H,5-15H2,1-4H3/t16?,17?,18?,19?,20?,21?,22-,24?,25-,26?/m0/s1. The third-order valence-corrected chi connectivity index (χ3v) is 12.1. The molecule has 0 aromatic carbocycles. The summed E-state index contributed by atoms with van der Waals surface area (Å²) in [6.45, 7) is 9.73. The Morgan fingerprint density at radius 1 is 0.857 bits per heavy atom. The lowest BCUT2D eigenvalue weighted by atomic mass is 9.46. The molecule has 0 amide bonds. The van der Waals surface area contributed by atoms with Crippen LogP contribution >= 0.6 is 0 Å². The lowest BCUT2D eigenvalue weighted by molar-refractivity contribution is -0.135. The van der Waals surface area contributed by atoms with Crippen molar-refractivity contribution in [2.45, 2.75) is 117 Å². The molecule has 0 aromatic heterocycles. The second-order valence-corrected chi connectivity index (χ2v) is 12.8. The van der Waals surface area contributed by atoms with Crippen LogP contribution in [0.1, 0.15) is 98.3 Å². The van der Waals surface area contributed by atoms with Gasteiger partial charge in [0.05, 0.1) is 18.3 Å². The summed E-state index contributed by atoms with van der Waals surface area (Å²) in [5.41, 5.74) is 1.88. The Morgan fingerprint density at radius 2 is 1.64 bits per heavy atom. The molecule has 0 radical (unpaired) electrons. The number of aliphatic hydroxyl groups is 1. The van der Waals surface area contributed by atoms with Crippen LogP contribution in [0.25, 0.3) is 0 Å². The van der Waals surface area contributed by atoms with E-state index in [4.69, 9.17) is 4.74 Å². The van der Waals surface area contributed by atoms with Gasteiger partial charge in [-0.1, -0.05) is 27.7 Å². The minimum Gasteiger partial charge on any atom is -0.393 e. The zero-order valence-electron chi connectivity index (χ0n) is 18.7. The van der Waals surface area contributed by atoms with Crippen molar-refractivity contribution in [1.82, 2.24) is 0 Å². The SMILES string of the molecule is CCC1CCC2C(CC3C4CCC5C(C)(C)[C@@H](O)CCC56C[C@@]46CCC23C)O1. The first kappa shape index (κ1) is 18.7. The molecule has 1 aliphatic heterocycles. The molecule has 1 heterocycles. The molecule has 8 unspecified atom stereocenters. The van der Waals surface area contributed by atoms with Crippen molar-refractivity contribution in [2.24, 2.45) is 45.3 Å². The van der Waals surface area contributed by atoms with Crippen molar-refractivity contribution < 1.29 is 9.84 Å². The van der Waals surface area contributed by atoms with Crippen molar-refractivity contribution in [2.75, 3.05) is 0 Å². The summed E-state index contributed by atoms with van der Waals surface area (Å²) in [5.74, 6) is 3.44. The predicted octanol–water partition coefficient (Wildman–Crippen LogP) is 5.96. The van der Waals surface area contributed by atoms with Gasteiger partial charge < -0.3 is 9.84 Å². The van der Waals surface area contributed by atoms with E-state index in [2.05, 4.69) is 27.7 Å². The van der Waals surface area contributed by atoms with Crippen LogP contribution < -0.4 is 0 Å². The van der Waals surface area contributed by atoms with Crippen molar-refractivity contribution in [3.8, 4) is 0 Å². The third kappa shape index (κ3) is 1.99. The van der Waals surface area contributed by atoms with Gasteiger partial charge in [-0.3, -0.25) is 0 Å². The van der Waals surface area contributed by atoms with Crippen LogP contribution in [0.5, 0.6) is 0 Å². The van der Waals surface area contributed by atoms with Crippen LogP contribution in [0.15, 0.2) is 0 Å². The molecule has 6 rings (SSSR count). The molecule has 28 heavy (non-hydrogen) atoms. The van der Waals surface area contributed by atoms with E-state index in [0.717, 1.165) is 30.1 Å². The Kier molecular flexibility index (Phi) is 3.72. The van der Waals surface area contributed by atoms with E-state index in [1.54, 1.807) is 0 Å². The van der Waals surface area contributed by atoms with Crippen LogP contribution in [-0.4, -0.2) is 23.4 Å². The fourth-order valence-corrected chi connectivity index (χ4v) is 10.6. The largest absolute Gasteiger partial charge is 0.393 e. The molecule has 6 fully saturated rings. The van der Waals surface area contributed by atoms with Gasteiger partial charge in [0.2, 0.25) is 0 Å². The summed E-state index contributed by atoms with van der Waals surface area (Å²) in [6.07, 6.45) is 15.9. The van der Waals surface area contributed by atoms with E-state index in [-0.39, 0.29) is 11.5 Å². The number of hydrogen-bond acceptors (Lipinski definition) is 2. The molecular formula is C26H42O2. The van der Waals surface area contributed by atoms with E-state index in [1.807, 2.05) is 0 Å². The molecule has 10 atom stereocenters. The Hall–Kier alpha value is -0.0800. The molecule has 2 heteroatoms. The minimum absolute atomic E-state index is 0.0834. The van der Waals surface area contributed by atoms with E-state index in [9.17, 15) is 5.11 Å².